The molecular weight excluding hydrogens is 170 g/mol. The Balaban J connectivity index is 2.38. The van der Waals surface area contributed by atoms with Gasteiger partial charge in [-0.1, -0.05) is 38.1 Å². The van der Waals surface area contributed by atoms with Gasteiger partial charge in [0.1, 0.15) is 0 Å². The minimum absolute atomic E-state index is 0.596. The van der Waals surface area contributed by atoms with Crippen molar-refractivity contribution in [2.75, 3.05) is 6.54 Å². The molecule has 1 nitrogen and oxygen atoms in total. The van der Waals surface area contributed by atoms with Crippen LogP contribution in [0.3, 0.4) is 0 Å². The van der Waals surface area contributed by atoms with E-state index >= 15 is 0 Å². The second-order valence-corrected chi connectivity index (χ2v) is 4.65. The average molecular weight is 189 g/mol. The Morgan fingerprint density at radius 1 is 1.29 bits per heavy atom. The Hall–Kier alpha value is -0.820. The van der Waals surface area contributed by atoms with Crippen LogP contribution in [0.25, 0.3) is 0 Å². The van der Waals surface area contributed by atoms with Crippen LogP contribution >= 0.6 is 0 Å². The van der Waals surface area contributed by atoms with Crippen LogP contribution in [-0.4, -0.2) is 6.54 Å². The molecule has 0 radical (unpaired) electrons. The van der Waals surface area contributed by atoms with Gasteiger partial charge in [-0.25, -0.2) is 0 Å². The van der Waals surface area contributed by atoms with Gasteiger partial charge in [0.15, 0.2) is 0 Å². The van der Waals surface area contributed by atoms with E-state index in [1.54, 1.807) is 0 Å². The summed E-state index contributed by atoms with van der Waals surface area (Å²) in [5, 5.41) is 0. The summed E-state index contributed by atoms with van der Waals surface area (Å²) in [6.07, 6.45) is 1.24. The first kappa shape index (κ1) is 9.72. The molecule has 0 fully saturated rings. The van der Waals surface area contributed by atoms with Gasteiger partial charge < -0.3 is 5.73 Å². The highest BCUT2D eigenvalue weighted by Gasteiger charge is 2.31. The maximum atomic E-state index is 5.81. The van der Waals surface area contributed by atoms with Gasteiger partial charge in [0.2, 0.25) is 0 Å². The molecule has 1 heteroatoms. The number of hydrogen-bond donors (Lipinski definition) is 1. The van der Waals surface area contributed by atoms with Crippen LogP contribution in [0.4, 0.5) is 0 Å². The summed E-state index contributed by atoms with van der Waals surface area (Å²) in [7, 11) is 0. The molecule has 0 unspecified atom stereocenters. The Bertz CT molecular complexity index is 317. The van der Waals surface area contributed by atoms with Gasteiger partial charge in [-0.3, -0.25) is 0 Å². The summed E-state index contributed by atoms with van der Waals surface area (Å²) in [6.45, 7) is 5.40. The van der Waals surface area contributed by atoms with E-state index in [9.17, 15) is 0 Å². The third kappa shape index (κ3) is 1.46. The Morgan fingerprint density at radius 3 is 2.50 bits per heavy atom. The molecule has 0 saturated heterocycles. The predicted octanol–water partition coefficient (Wildman–Crippen LogP) is 2.87. The first-order valence-electron chi connectivity index (χ1n) is 5.53. The highest BCUT2D eigenvalue weighted by atomic mass is 14.6. The number of rotatable bonds is 2. The topological polar surface area (TPSA) is 26.0 Å². The highest BCUT2D eigenvalue weighted by Crippen LogP contribution is 2.44. The molecule has 76 valence electrons. The minimum Gasteiger partial charge on any atom is -0.330 e. The van der Waals surface area contributed by atoms with Crippen molar-refractivity contribution in [2.24, 2.45) is 11.7 Å². The summed E-state index contributed by atoms with van der Waals surface area (Å²) >= 11 is 0. The molecule has 0 amide bonds. The smallest absolute Gasteiger partial charge is 0.000791 e. The molecule has 1 aromatic carbocycles. The second-order valence-electron chi connectivity index (χ2n) is 4.65. The molecule has 1 aliphatic carbocycles. The summed E-state index contributed by atoms with van der Waals surface area (Å²) in [6, 6.07) is 8.79. The van der Waals surface area contributed by atoms with E-state index in [0.717, 1.165) is 18.4 Å². The van der Waals surface area contributed by atoms with E-state index in [4.69, 9.17) is 5.73 Å². The zero-order valence-electron chi connectivity index (χ0n) is 9.03. The van der Waals surface area contributed by atoms with E-state index in [2.05, 4.69) is 38.1 Å². The molecule has 1 aromatic rings. The maximum Gasteiger partial charge on any atom is -0.000791 e. The quantitative estimate of drug-likeness (QED) is 0.760. The number of fused-ring (bicyclic) bond motifs is 1. The molecule has 0 spiro atoms. The monoisotopic (exact) mass is 189 g/mol. The van der Waals surface area contributed by atoms with Gasteiger partial charge in [0.05, 0.1) is 0 Å². The van der Waals surface area contributed by atoms with Crippen molar-refractivity contribution >= 4 is 0 Å². The SMILES string of the molecule is CC(C)[C@H]1C[C@H](CN)c2ccccc21. The Labute approximate surface area is 86.3 Å². The molecule has 1 aliphatic rings. The highest BCUT2D eigenvalue weighted by molar-refractivity contribution is 5.38. The summed E-state index contributed by atoms with van der Waals surface area (Å²) < 4.78 is 0. The lowest BCUT2D eigenvalue weighted by Crippen LogP contribution is -2.10. The van der Waals surface area contributed by atoms with Crippen molar-refractivity contribution in [1.82, 2.24) is 0 Å². The van der Waals surface area contributed by atoms with Crippen molar-refractivity contribution in [3.05, 3.63) is 35.4 Å². The van der Waals surface area contributed by atoms with Gasteiger partial charge in [-0.05, 0) is 41.8 Å². The molecule has 14 heavy (non-hydrogen) atoms. The van der Waals surface area contributed by atoms with Gasteiger partial charge >= 0.3 is 0 Å². The van der Waals surface area contributed by atoms with E-state index in [1.165, 1.54) is 17.5 Å². The lowest BCUT2D eigenvalue weighted by molar-refractivity contribution is 0.468. The lowest BCUT2D eigenvalue weighted by Gasteiger charge is -2.15. The number of benzene rings is 1. The van der Waals surface area contributed by atoms with Crippen molar-refractivity contribution in [1.29, 1.82) is 0 Å². The van der Waals surface area contributed by atoms with E-state index in [-0.39, 0.29) is 0 Å². The maximum absolute atomic E-state index is 5.81. The summed E-state index contributed by atoms with van der Waals surface area (Å²) in [4.78, 5) is 0. The normalized spacial score (nSPS) is 25.4. The summed E-state index contributed by atoms with van der Waals surface area (Å²) in [5.74, 6) is 2.05. The van der Waals surface area contributed by atoms with Crippen LogP contribution in [0.2, 0.25) is 0 Å². The Kier molecular flexibility index (Phi) is 2.60. The first-order valence-corrected chi connectivity index (χ1v) is 5.53. The van der Waals surface area contributed by atoms with Crippen molar-refractivity contribution in [2.45, 2.75) is 32.1 Å². The van der Waals surface area contributed by atoms with Gasteiger partial charge in [0.25, 0.3) is 0 Å². The molecule has 0 aromatic heterocycles. The number of hydrogen-bond acceptors (Lipinski definition) is 1. The van der Waals surface area contributed by atoms with Crippen molar-refractivity contribution in [3.8, 4) is 0 Å². The van der Waals surface area contributed by atoms with E-state index in [0.29, 0.717) is 5.92 Å². The third-order valence-corrected chi connectivity index (χ3v) is 3.46. The molecule has 0 bridgehead atoms. The van der Waals surface area contributed by atoms with Gasteiger partial charge in [0, 0.05) is 0 Å². The van der Waals surface area contributed by atoms with Crippen LogP contribution in [0, 0.1) is 5.92 Å². The van der Waals surface area contributed by atoms with Crippen LogP contribution < -0.4 is 5.73 Å². The van der Waals surface area contributed by atoms with Crippen LogP contribution in [-0.2, 0) is 0 Å². The lowest BCUT2D eigenvalue weighted by atomic mass is 9.90. The number of nitrogens with two attached hydrogens (primary N) is 1. The average Bonchev–Trinajstić information content (AvgIpc) is 2.56. The Morgan fingerprint density at radius 2 is 1.93 bits per heavy atom. The molecule has 2 rings (SSSR count). The molecule has 0 saturated carbocycles. The standard InChI is InChI=1S/C13H19N/c1-9(2)13-7-10(8-14)11-5-3-4-6-12(11)13/h3-6,9-10,13H,7-8,14H2,1-2H3/t10-,13-/m1/s1. The molecule has 2 N–H and O–H groups in total. The van der Waals surface area contributed by atoms with Crippen LogP contribution in [0.5, 0.6) is 0 Å². The fourth-order valence-electron chi connectivity index (χ4n) is 2.64. The van der Waals surface area contributed by atoms with E-state index < -0.39 is 0 Å². The van der Waals surface area contributed by atoms with Crippen LogP contribution in [0.1, 0.15) is 43.2 Å². The van der Waals surface area contributed by atoms with Crippen LogP contribution in [0.15, 0.2) is 24.3 Å². The molecular formula is C13H19N. The minimum atomic E-state index is 0.596. The summed E-state index contributed by atoms with van der Waals surface area (Å²) in [5.41, 5.74) is 8.84. The van der Waals surface area contributed by atoms with Gasteiger partial charge in [-0.2, -0.15) is 0 Å². The van der Waals surface area contributed by atoms with E-state index in [1.807, 2.05) is 0 Å². The molecule has 0 heterocycles. The zero-order valence-corrected chi connectivity index (χ0v) is 9.03. The third-order valence-electron chi connectivity index (χ3n) is 3.46. The fourth-order valence-corrected chi connectivity index (χ4v) is 2.64. The zero-order chi connectivity index (χ0) is 10.1. The molecule has 0 aliphatic heterocycles. The van der Waals surface area contributed by atoms with Crippen molar-refractivity contribution < 1.29 is 0 Å². The first-order chi connectivity index (χ1) is 6.74. The fraction of sp³-hybridized carbons (Fsp3) is 0.538. The van der Waals surface area contributed by atoms with Crippen molar-refractivity contribution in [3.63, 3.8) is 0 Å². The second kappa shape index (κ2) is 3.74. The molecule has 2 atom stereocenters. The predicted molar refractivity (Wildman–Crippen MR) is 60.4 cm³/mol. The largest absolute Gasteiger partial charge is 0.330 e. The van der Waals surface area contributed by atoms with Gasteiger partial charge in [-0.15, -0.1) is 0 Å².